The van der Waals surface area contributed by atoms with Crippen molar-refractivity contribution in [2.45, 2.75) is 19.0 Å². The predicted octanol–water partition coefficient (Wildman–Crippen LogP) is 1.16. The van der Waals surface area contributed by atoms with Crippen LogP contribution in [0.25, 0.3) is 11.3 Å². The highest BCUT2D eigenvalue weighted by molar-refractivity contribution is 7.09. The van der Waals surface area contributed by atoms with E-state index >= 15 is 0 Å². The van der Waals surface area contributed by atoms with Crippen molar-refractivity contribution >= 4 is 29.2 Å². The fraction of sp³-hybridized carbons (Fsp3) is 0.200. The highest BCUT2D eigenvalue weighted by atomic mass is 32.1. The number of hydrogen-bond donors (Lipinski definition) is 3. The molecule has 1 fully saturated rings. The molecule has 0 unspecified atom stereocenters. The van der Waals surface area contributed by atoms with Gasteiger partial charge in [-0.05, 0) is 24.3 Å². The average molecular weight is 348 g/mol. The largest absolute Gasteiger partial charge is 0.350 e. The quantitative estimate of drug-likeness (QED) is 0.706. The SMILES string of the molecule is O=C(C[C@H]1NC(=O)NC1=O)NCc1nc(-c2ccc(F)cc2)cs1. The summed E-state index contributed by atoms with van der Waals surface area (Å²) < 4.78 is 12.9. The van der Waals surface area contributed by atoms with Crippen molar-refractivity contribution in [2.75, 3.05) is 0 Å². The number of thiazole rings is 1. The smallest absolute Gasteiger partial charge is 0.322 e. The number of carbonyl (C=O) groups is 3. The van der Waals surface area contributed by atoms with E-state index in [9.17, 15) is 18.8 Å². The van der Waals surface area contributed by atoms with Crippen molar-refractivity contribution in [1.29, 1.82) is 0 Å². The summed E-state index contributed by atoms with van der Waals surface area (Å²) in [5, 5.41) is 9.58. The molecular weight excluding hydrogens is 335 g/mol. The van der Waals surface area contributed by atoms with E-state index in [-0.39, 0.29) is 24.7 Å². The van der Waals surface area contributed by atoms with Gasteiger partial charge in [0.25, 0.3) is 5.91 Å². The number of benzene rings is 1. The van der Waals surface area contributed by atoms with Crippen LogP contribution in [0.4, 0.5) is 9.18 Å². The van der Waals surface area contributed by atoms with Gasteiger partial charge in [0.1, 0.15) is 16.9 Å². The number of halogens is 1. The Balaban J connectivity index is 1.53. The lowest BCUT2D eigenvalue weighted by atomic mass is 10.2. The molecule has 9 heteroatoms. The molecule has 0 saturated carbocycles. The monoisotopic (exact) mass is 348 g/mol. The molecule has 1 aliphatic rings. The number of nitrogens with zero attached hydrogens (tertiary/aromatic N) is 1. The van der Waals surface area contributed by atoms with E-state index in [1.54, 1.807) is 12.1 Å². The predicted molar refractivity (Wildman–Crippen MR) is 84.4 cm³/mol. The van der Waals surface area contributed by atoms with E-state index in [1.807, 2.05) is 5.38 Å². The lowest BCUT2D eigenvalue weighted by molar-refractivity contribution is -0.126. The Morgan fingerprint density at radius 1 is 1.29 bits per heavy atom. The highest BCUT2D eigenvalue weighted by Gasteiger charge is 2.31. The third-order valence-electron chi connectivity index (χ3n) is 3.38. The van der Waals surface area contributed by atoms with Crippen LogP contribution < -0.4 is 16.0 Å². The number of aromatic nitrogens is 1. The van der Waals surface area contributed by atoms with E-state index in [1.165, 1.54) is 23.5 Å². The lowest BCUT2D eigenvalue weighted by Gasteiger charge is -2.07. The molecule has 1 aromatic heterocycles. The zero-order valence-corrected chi connectivity index (χ0v) is 13.2. The van der Waals surface area contributed by atoms with Crippen molar-refractivity contribution < 1.29 is 18.8 Å². The molecular formula is C15H13FN4O3S. The maximum absolute atomic E-state index is 12.9. The van der Waals surface area contributed by atoms with Crippen molar-refractivity contribution in [3.8, 4) is 11.3 Å². The molecule has 4 amide bonds. The first-order valence-corrected chi connectivity index (χ1v) is 7.97. The first-order valence-electron chi connectivity index (χ1n) is 7.09. The molecule has 3 N–H and O–H groups in total. The highest BCUT2D eigenvalue weighted by Crippen LogP contribution is 2.22. The first kappa shape index (κ1) is 16.1. The van der Waals surface area contributed by atoms with Crippen LogP contribution in [0, 0.1) is 5.82 Å². The molecule has 0 aliphatic carbocycles. The summed E-state index contributed by atoms with van der Waals surface area (Å²) in [7, 11) is 0. The van der Waals surface area contributed by atoms with Gasteiger partial charge in [0.2, 0.25) is 5.91 Å². The summed E-state index contributed by atoms with van der Waals surface area (Å²) in [6.07, 6.45) is -0.131. The maximum atomic E-state index is 12.9. The Kier molecular flexibility index (Phi) is 4.52. The molecule has 1 aromatic carbocycles. The van der Waals surface area contributed by atoms with Gasteiger partial charge in [0.05, 0.1) is 18.7 Å². The summed E-state index contributed by atoms with van der Waals surface area (Å²) in [5.74, 6) is -1.19. The fourth-order valence-electron chi connectivity index (χ4n) is 2.18. The minimum atomic E-state index is -0.844. The summed E-state index contributed by atoms with van der Waals surface area (Å²) >= 11 is 1.37. The Bertz CT molecular complexity index is 790. The summed E-state index contributed by atoms with van der Waals surface area (Å²) in [5.41, 5.74) is 1.49. The van der Waals surface area contributed by atoms with Gasteiger partial charge < -0.3 is 10.6 Å². The van der Waals surface area contributed by atoms with Crippen LogP contribution in [0.3, 0.4) is 0 Å². The van der Waals surface area contributed by atoms with Crippen LogP contribution in [0.15, 0.2) is 29.6 Å². The van der Waals surface area contributed by atoms with Crippen LogP contribution >= 0.6 is 11.3 Å². The van der Waals surface area contributed by atoms with Gasteiger partial charge in [-0.15, -0.1) is 11.3 Å². The number of nitrogens with one attached hydrogen (secondary N) is 3. The van der Waals surface area contributed by atoms with E-state index < -0.39 is 18.0 Å². The Labute approximate surface area is 140 Å². The van der Waals surface area contributed by atoms with E-state index in [2.05, 4.69) is 20.9 Å². The number of rotatable bonds is 5. The van der Waals surface area contributed by atoms with Gasteiger partial charge in [0, 0.05) is 10.9 Å². The van der Waals surface area contributed by atoms with Gasteiger partial charge in [-0.1, -0.05) is 0 Å². The van der Waals surface area contributed by atoms with Gasteiger partial charge in [0.15, 0.2) is 0 Å². The summed E-state index contributed by atoms with van der Waals surface area (Å²) in [6.45, 7) is 0.215. The van der Waals surface area contributed by atoms with Crippen molar-refractivity contribution in [3.63, 3.8) is 0 Å². The topological polar surface area (TPSA) is 100 Å². The van der Waals surface area contributed by atoms with E-state index in [0.717, 1.165) is 5.56 Å². The molecule has 1 aliphatic heterocycles. The lowest BCUT2D eigenvalue weighted by Crippen LogP contribution is -2.36. The maximum Gasteiger partial charge on any atom is 0.322 e. The number of hydrogen-bond acceptors (Lipinski definition) is 5. The second-order valence-corrected chi connectivity index (χ2v) is 6.07. The Morgan fingerprint density at radius 3 is 2.71 bits per heavy atom. The van der Waals surface area contributed by atoms with Crippen molar-refractivity contribution in [1.82, 2.24) is 20.9 Å². The third kappa shape index (κ3) is 3.74. The molecule has 0 spiro atoms. The first-order chi connectivity index (χ1) is 11.5. The van der Waals surface area contributed by atoms with Gasteiger partial charge in [-0.3, -0.25) is 14.9 Å². The minimum Gasteiger partial charge on any atom is -0.350 e. The number of imide groups is 1. The number of carbonyl (C=O) groups excluding carboxylic acids is 3. The zero-order chi connectivity index (χ0) is 17.1. The number of urea groups is 1. The Morgan fingerprint density at radius 2 is 2.04 bits per heavy atom. The summed E-state index contributed by atoms with van der Waals surface area (Å²) in [6, 6.07) is 4.54. The normalized spacial score (nSPS) is 16.6. The van der Waals surface area contributed by atoms with Gasteiger partial charge in [-0.25, -0.2) is 14.2 Å². The summed E-state index contributed by atoms with van der Waals surface area (Å²) in [4.78, 5) is 38.5. The van der Waals surface area contributed by atoms with Crippen LogP contribution in [-0.4, -0.2) is 28.9 Å². The van der Waals surface area contributed by atoms with Gasteiger partial charge >= 0.3 is 6.03 Å². The molecule has 7 nitrogen and oxygen atoms in total. The molecule has 1 saturated heterocycles. The van der Waals surface area contributed by atoms with Crippen LogP contribution in [-0.2, 0) is 16.1 Å². The molecule has 1 atom stereocenters. The molecule has 0 radical (unpaired) electrons. The third-order valence-corrected chi connectivity index (χ3v) is 4.23. The average Bonchev–Trinajstić information content (AvgIpc) is 3.13. The zero-order valence-electron chi connectivity index (χ0n) is 12.3. The standard InChI is InChI=1S/C15H13FN4O3S/c16-9-3-1-8(2-4-9)11-7-24-13(18-11)6-17-12(21)5-10-14(22)20-15(23)19-10/h1-4,7,10H,5-6H2,(H,17,21)(H2,19,20,22,23)/t10-/m1/s1. The second-order valence-electron chi connectivity index (χ2n) is 5.13. The van der Waals surface area contributed by atoms with Crippen LogP contribution in [0.5, 0.6) is 0 Å². The van der Waals surface area contributed by atoms with Crippen molar-refractivity contribution in [3.05, 3.63) is 40.5 Å². The molecule has 24 heavy (non-hydrogen) atoms. The van der Waals surface area contributed by atoms with Crippen LogP contribution in [0.1, 0.15) is 11.4 Å². The Hall–Kier alpha value is -2.81. The fourth-order valence-corrected chi connectivity index (χ4v) is 2.92. The van der Waals surface area contributed by atoms with Crippen molar-refractivity contribution in [2.24, 2.45) is 0 Å². The second kappa shape index (κ2) is 6.75. The molecule has 2 heterocycles. The van der Waals surface area contributed by atoms with Crippen LogP contribution in [0.2, 0.25) is 0 Å². The molecule has 2 aromatic rings. The van der Waals surface area contributed by atoms with Gasteiger partial charge in [-0.2, -0.15) is 0 Å². The molecule has 124 valence electrons. The minimum absolute atomic E-state index is 0.131. The van der Waals surface area contributed by atoms with E-state index in [4.69, 9.17) is 0 Å². The molecule has 0 bridgehead atoms. The number of amides is 4. The molecule has 3 rings (SSSR count). The van der Waals surface area contributed by atoms with E-state index in [0.29, 0.717) is 10.7 Å².